The fraction of sp³-hybridized carbons (Fsp3) is 0.222. The first-order valence-electron chi connectivity index (χ1n) is 3.80. The monoisotopic (exact) mass is 308 g/mol. The van der Waals surface area contributed by atoms with Crippen molar-refractivity contribution in [3.8, 4) is 0 Å². The maximum Gasteiger partial charge on any atom is 0.141 e. The molecule has 0 unspecified atom stereocenters. The van der Waals surface area contributed by atoms with Crippen molar-refractivity contribution in [1.29, 1.82) is 0 Å². The van der Waals surface area contributed by atoms with E-state index in [0.717, 1.165) is 21.5 Å². The lowest BCUT2D eigenvalue weighted by molar-refractivity contribution is 1.16. The summed E-state index contributed by atoms with van der Waals surface area (Å²) in [5.41, 5.74) is 1.07. The molecule has 1 heterocycles. The molecular weight excluding hydrogens is 298 g/mol. The Labute approximate surface area is 96.5 Å². The van der Waals surface area contributed by atoms with E-state index in [-0.39, 0.29) is 0 Å². The van der Waals surface area contributed by atoms with Gasteiger partial charge in [-0.1, -0.05) is 23.8 Å². The second kappa shape index (κ2) is 4.81. The minimum absolute atomic E-state index is 0.504. The lowest BCUT2D eigenvalue weighted by Gasteiger charge is -2.06. The van der Waals surface area contributed by atoms with Crippen molar-refractivity contribution < 1.29 is 0 Å². The summed E-state index contributed by atoms with van der Waals surface area (Å²) in [6.45, 7) is 6.48. The van der Waals surface area contributed by atoms with E-state index in [1.807, 2.05) is 13.0 Å². The van der Waals surface area contributed by atoms with Crippen molar-refractivity contribution in [3.63, 3.8) is 0 Å². The Kier molecular flexibility index (Phi) is 3.99. The van der Waals surface area contributed by atoms with Crippen LogP contribution in [0.1, 0.15) is 6.92 Å². The van der Waals surface area contributed by atoms with E-state index in [1.54, 1.807) is 6.07 Å². The average Bonchev–Trinajstić information content (AvgIpc) is 2.06. The van der Waals surface area contributed by atoms with Crippen LogP contribution in [0.25, 0.3) is 0 Å². The maximum absolute atomic E-state index is 5.76. The number of hydrogen-bond donors (Lipinski definition) is 1. The molecule has 0 aliphatic rings. The van der Waals surface area contributed by atoms with Gasteiger partial charge in [-0.25, -0.2) is 4.98 Å². The third-order valence-electron chi connectivity index (χ3n) is 1.37. The zero-order chi connectivity index (χ0) is 9.84. The molecule has 1 aromatic heterocycles. The summed E-state index contributed by atoms with van der Waals surface area (Å²) < 4.78 is 1.06. The summed E-state index contributed by atoms with van der Waals surface area (Å²) >= 11 is 7.97. The largest absolute Gasteiger partial charge is 0.365 e. The van der Waals surface area contributed by atoms with Gasteiger partial charge in [-0.2, -0.15) is 0 Å². The predicted octanol–water partition coefficient (Wildman–Crippen LogP) is 3.33. The molecule has 13 heavy (non-hydrogen) atoms. The van der Waals surface area contributed by atoms with Crippen LogP contribution in [0.4, 0.5) is 5.82 Å². The van der Waals surface area contributed by atoms with Gasteiger partial charge in [0.2, 0.25) is 0 Å². The van der Waals surface area contributed by atoms with Crippen molar-refractivity contribution in [2.24, 2.45) is 0 Å². The number of anilines is 1. The van der Waals surface area contributed by atoms with Crippen LogP contribution in [-0.2, 0) is 0 Å². The lowest BCUT2D eigenvalue weighted by Crippen LogP contribution is -2.05. The van der Waals surface area contributed by atoms with Crippen LogP contribution in [-0.4, -0.2) is 11.5 Å². The van der Waals surface area contributed by atoms with Gasteiger partial charge < -0.3 is 5.32 Å². The molecule has 0 saturated heterocycles. The topological polar surface area (TPSA) is 24.9 Å². The Balaban J connectivity index is 2.75. The molecule has 0 saturated carbocycles. The fourth-order valence-corrected chi connectivity index (χ4v) is 1.42. The van der Waals surface area contributed by atoms with Gasteiger partial charge in [-0.15, -0.1) is 0 Å². The SMILES string of the molecule is C=C(C)CNc1nc(Cl)ccc1I. The van der Waals surface area contributed by atoms with Crippen molar-refractivity contribution in [3.05, 3.63) is 33.0 Å². The quantitative estimate of drug-likeness (QED) is 0.526. The summed E-state index contributed by atoms with van der Waals surface area (Å²) in [6.07, 6.45) is 0. The molecule has 2 nitrogen and oxygen atoms in total. The van der Waals surface area contributed by atoms with Gasteiger partial charge in [0.15, 0.2) is 0 Å². The first kappa shape index (κ1) is 10.8. The van der Waals surface area contributed by atoms with Crippen LogP contribution in [0.5, 0.6) is 0 Å². The van der Waals surface area contributed by atoms with E-state index in [4.69, 9.17) is 11.6 Å². The average molecular weight is 309 g/mol. The highest BCUT2D eigenvalue weighted by atomic mass is 127. The smallest absolute Gasteiger partial charge is 0.141 e. The molecule has 1 rings (SSSR count). The molecule has 1 aromatic rings. The first-order valence-corrected chi connectivity index (χ1v) is 5.25. The zero-order valence-corrected chi connectivity index (χ0v) is 10.2. The molecule has 4 heteroatoms. The first-order chi connectivity index (χ1) is 6.09. The molecule has 0 aromatic carbocycles. The summed E-state index contributed by atoms with van der Waals surface area (Å²) in [7, 11) is 0. The van der Waals surface area contributed by atoms with E-state index < -0.39 is 0 Å². The van der Waals surface area contributed by atoms with Crippen molar-refractivity contribution in [2.45, 2.75) is 6.92 Å². The van der Waals surface area contributed by atoms with Crippen LogP contribution in [0.2, 0.25) is 5.15 Å². The van der Waals surface area contributed by atoms with E-state index in [2.05, 4.69) is 39.5 Å². The lowest BCUT2D eigenvalue weighted by atomic mass is 10.3. The number of halogens is 2. The minimum Gasteiger partial charge on any atom is -0.365 e. The Morgan fingerprint density at radius 2 is 2.38 bits per heavy atom. The van der Waals surface area contributed by atoms with E-state index in [1.165, 1.54) is 0 Å². The van der Waals surface area contributed by atoms with Gasteiger partial charge in [0.05, 0.1) is 3.57 Å². The molecule has 0 radical (unpaired) electrons. The molecular formula is C9H10ClIN2. The van der Waals surface area contributed by atoms with Crippen LogP contribution in [0.3, 0.4) is 0 Å². The highest BCUT2D eigenvalue weighted by Gasteiger charge is 2.00. The molecule has 0 aliphatic carbocycles. The molecule has 0 bridgehead atoms. The molecule has 0 amide bonds. The van der Waals surface area contributed by atoms with E-state index >= 15 is 0 Å². The third kappa shape index (κ3) is 3.52. The zero-order valence-electron chi connectivity index (χ0n) is 7.27. The molecule has 70 valence electrons. The van der Waals surface area contributed by atoms with Crippen molar-refractivity contribution in [2.75, 3.05) is 11.9 Å². The Morgan fingerprint density at radius 1 is 1.69 bits per heavy atom. The predicted molar refractivity (Wildman–Crippen MR) is 65.3 cm³/mol. The van der Waals surface area contributed by atoms with Crippen molar-refractivity contribution in [1.82, 2.24) is 4.98 Å². The van der Waals surface area contributed by atoms with Gasteiger partial charge in [-0.3, -0.25) is 0 Å². The van der Waals surface area contributed by atoms with E-state index in [0.29, 0.717) is 5.15 Å². The van der Waals surface area contributed by atoms with Gasteiger partial charge in [0, 0.05) is 6.54 Å². The number of nitrogens with zero attached hydrogens (tertiary/aromatic N) is 1. The summed E-state index contributed by atoms with van der Waals surface area (Å²) in [5.74, 6) is 0.816. The normalized spacial score (nSPS) is 9.77. The van der Waals surface area contributed by atoms with E-state index in [9.17, 15) is 0 Å². The summed E-state index contributed by atoms with van der Waals surface area (Å²) in [4.78, 5) is 4.15. The van der Waals surface area contributed by atoms with Crippen LogP contribution in [0.15, 0.2) is 24.3 Å². The third-order valence-corrected chi connectivity index (χ3v) is 2.45. The van der Waals surface area contributed by atoms with Crippen LogP contribution in [0, 0.1) is 3.57 Å². The Bertz CT molecular complexity index is 325. The Hall–Kier alpha value is -0.290. The van der Waals surface area contributed by atoms with Gasteiger partial charge in [0.1, 0.15) is 11.0 Å². The highest BCUT2D eigenvalue weighted by Crippen LogP contribution is 2.18. The van der Waals surface area contributed by atoms with Gasteiger partial charge >= 0.3 is 0 Å². The minimum atomic E-state index is 0.504. The number of rotatable bonds is 3. The summed E-state index contributed by atoms with van der Waals surface area (Å²) in [5, 5.41) is 3.65. The second-order valence-electron chi connectivity index (χ2n) is 2.78. The van der Waals surface area contributed by atoms with Gasteiger partial charge in [0.25, 0.3) is 0 Å². The maximum atomic E-state index is 5.76. The molecule has 0 fully saturated rings. The highest BCUT2D eigenvalue weighted by molar-refractivity contribution is 14.1. The number of nitrogens with one attached hydrogen (secondary N) is 1. The molecule has 1 N–H and O–H groups in total. The molecule has 0 atom stereocenters. The Morgan fingerprint density at radius 3 is 3.00 bits per heavy atom. The molecule has 0 aliphatic heterocycles. The van der Waals surface area contributed by atoms with Crippen LogP contribution >= 0.6 is 34.2 Å². The standard InChI is InChI=1S/C9H10ClIN2/c1-6(2)5-12-9-7(11)3-4-8(10)13-9/h3-4H,1,5H2,2H3,(H,12,13). The number of aromatic nitrogens is 1. The van der Waals surface area contributed by atoms with Crippen LogP contribution < -0.4 is 5.32 Å². The second-order valence-corrected chi connectivity index (χ2v) is 4.32. The summed E-state index contributed by atoms with van der Waals surface area (Å²) in [6, 6.07) is 3.70. The fourth-order valence-electron chi connectivity index (χ4n) is 0.777. The number of hydrogen-bond acceptors (Lipinski definition) is 2. The number of pyridine rings is 1. The van der Waals surface area contributed by atoms with Crippen molar-refractivity contribution >= 4 is 40.0 Å². The van der Waals surface area contributed by atoms with Gasteiger partial charge in [-0.05, 0) is 41.6 Å². The molecule has 0 spiro atoms.